The molecule has 0 radical (unpaired) electrons. The molecular weight excluding hydrogens is 380 g/mol. The van der Waals surface area contributed by atoms with Gasteiger partial charge in [-0.05, 0) is 11.6 Å². The smallest absolute Gasteiger partial charge is 0.332 e. The number of aryl methyl sites for hydroxylation is 1. The van der Waals surface area contributed by atoms with Crippen molar-refractivity contribution in [1.82, 2.24) is 18.7 Å². The molecule has 0 unspecified atom stereocenters. The van der Waals surface area contributed by atoms with Gasteiger partial charge in [-0.1, -0.05) is 29.8 Å². The molecule has 0 amide bonds. The number of nitrogens with one attached hydrogen (secondary N) is 1. The molecule has 28 heavy (non-hydrogen) atoms. The van der Waals surface area contributed by atoms with Crippen LogP contribution in [0, 0.1) is 0 Å². The van der Waals surface area contributed by atoms with Crippen LogP contribution in [0.2, 0.25) is 5.02 Å². The van der Waals surface area contributed by atoms with E-state index in [4.69, 9.17) is 16.6 Å². The van der Waals surface area contributed by atoms with Gasteiger partial charge in [-0.3, -0.25) is 18.5 Å². The third-order valence-electron chi connectivity index (χ3n) is 5.51. The summed E-state index contributed by atoms with van der Waals surface area (Å²) < 4.78 is 4.47. The molecule has 0 aliphatic carbocycles. The minimum absolute atomic E-state index is 0.344. The number of nitrogens with zero attached hydrogens (tertiary/aromatic N) is 5. The van der Waals surface area contributed by atoms with E-state index in [0.717, 1.165) is 36.3 Å². The number of aromatic nitrogens is 4. The summed E-state index contributed by atoms with van der Waals surface area (Å²) in [5.41, 5.74) is 1.01. The van der Waals surface area contributed by atoms with E-state index >= 15 is 0 Å². The van der Waals surface area contributed by atoms with Crippen molar-refractivity contribution in [3.05, 3.63) is 55.7 Å². The SMILES string of the molecule is Cn1c(=O)c2c(nc(N3CC[NH+](C)CC3)n2Cc2ccccc2Cl)n(C)c1=O. The Morgan fingerprint density at radius 3 is 2.46 bits per heavy atom. The second-order valence-corrected chi connectivity index (χ2v) is 7.82. The Morgan fingerprint density at radius 1 is 1.11 bits per heavy atom. The molecule has 9 heteroatoms. The first-order valence-electron chi connectivity index (χ1n) is 9.34. The lowest BCUT2D eigenvalue weighted by Crippen LogP contribution is -3.12. The Bertz CT molecular complexity index is 1150. The van der Waals surface area contributed by atoms with Crippen LogP contribution in [-0.2, 0) is 20.6 Å². The molecular formula is C19H24ClN6O2+. The van der Waals surface area contributed by atoms with E-state index in [0.29, 0.717) is 28.7 Å². The molecule has 0 saturated carbocycles. The fourth-order valence-corrected chi connectivity index (χ4v) is 3.91. The monoisotopic (exact) mass is 403 g/mol. The van der Waals surface area contributed by atoms with Gasteiger partial charge in [0.25, 0.3) is 5.56 Å². The van der Waals surface area contributed by atoms with Crippen LogP contribution in [0.25, 0.3) is 11.2 Å². The van der Waals surface area contributed by atoms with Crippen LogP contribution in [0.15, 0.2) is 33.9 Å². The molecule has 1 saturated heterocycles. The van der Waals surface area contributed by atoms with E-state index < -0.39 is 0 Å². The van der Waals surface area contributed by atoms with Crippen LogP contribution >= 0.6 is 11.6 Å². The number of hydrogen-bond acceptors (Lipinski definition) is 4. The molecule has 1 aromatic carbocycles. The maximum Gasteiger partial charge on any atom is 0.332 e. The summed E-state index contributed by atoms with van der Waals surface area (Å²) >= 11 is 6.39. The first kappa shape index (κ1) is 18.8. The number of benzene rings is 1. The van der Waals surface area contributed by atoms with Gasteiger partial charge in [-0.2, -0.15) is 4.98 Å². The van der Waals surface area contributed by atoms with E-state index in [1.54, 1.807) is 7.05 Å². The van der Waals surface area contributed by atoms with Gasteiger partial charge in [-0.25, -0.2) is 4.79 Å². The second kappa shape index (κ2) is 7.10. The van der Waals surface area contributed by atoms with Crippen LogP contribution in [0.5, 0.6) is 0 Å². The molecule has 2 aromatic heterocycles. The normalized spacial score (nSPS) is 15.5. The number of hydrogen-bond donors (Lipinski definition) is 1. The summed E-state index contributed by atoms with van der Waals surface area (Å²) in [4.78, 5) is 33.8. The number of likely N-dealkylation sites (N-methyl/N-ethyl adjacent to an activating group) is 1. The van der Waals surface area contributed by atoms with Gasteiger partial charge >= 0.3 is 5.69 Å². The van der Waals surface area contributed by atoms with Gasteiger partial charge in [0, 0.05) is 19.1 Å². The zero-order valence-electron chi connectivity index (χ0n) is 16.3. The number of anilines is 1. The van der Waals surface area contributed by atoms with E-state index in [1.165, 1.54) is 16.5 Å². The second-order valence-electron chi connectivity index (χ2n) is 7.41. The number of quaternary nitrogens is 1. The number of halogens is 1. The summed E-state index contributed by atoms with van der Waals surface area (Å²) in [7, 11) is 5.31. The molecule has 3 heterocycles. The minimum Gasteiger partial charge on any atom is -0.334 e. The molecule has 1 fully saturated rings. The van der Waals surface area contributed by atoms with Crippen molar-refractivity contribution in [3.8, 4) is 0 Å². The van der Waals surface area contributed by atoms with Gasteiger partial charge in [0.1, 0.15) is 0 Å². The van der Waals surface area contributed by atoms with Crippen LogP contribution in [-0.4, -0.2) is 51.9 Å². The molecule has 1 aliphatic heterocycles. The zero-order chi connectivity index (χ0) is 20.0. The molecule has 8 nitrogen and oxygen atoms in total. The molecule has 4 rings (SSSR count). The van der Waals surface area contributed by atoms with E-state index in [-0.39, 0.29) is 11.2 Å². The third kappa shape index (κ3) is 3.02. The Kier molecular flexibility index (Phi) is 4.76. The number of piperazine rings is 1. The van der Waals surface area contributed by atoms with Crippen LogP contribution in [0.3, 0.4) is 0 Å². The minimum atomic E-state index is -0.380. The van der Waals surface area contributed by atoms with Gasteiger partial charge < -0.3 is 9.80 Å². The topological polar surface area (TPSA) is 69.5 Å². The summed E-state index contributed by atoms with van der Waals surface area (Å²) in [5.74, 6) is 0.709. The molecule has 0 bridgehead atoms. The molecule has 3 aromatic rings. The molecule has 1 aliphatic rings. The van der Waals surface area contributed by atoms with E-state index in [9.17, 15) is 9.59 Å². The lowest BCUT2D eigenvalue weighted by Gasteiger charge is -2.31. The zero-order valence-corrected chi connectivity index (χ0v) is 17.0. The lowest BCUT2D eigenvalue weighted by molar-refractivity contribution is -0.880. The Balaban J connectivity index is 1.96. The lowest BCUT2D eigenvalue weighted by atomic mass is 10.2. The van der Waals surface area contributed by atoms with Gasteiger partial charge in [0.2, 0.25) is 5.95 Å². The summed E-state index contributed by atoms with van der Waals surface area (Å²) in [5, 5.41) is 0.639. The van der Waals surface area contributed by atoms with Gasteiger partial charge in [-0.15, -0.1) is 0 Å². The number of imidazole rings is 1. The quantitative estimate of drug-likeness (QED) is 0.638. The van der Waals surface area contributed by atoms with Crippen LogP contribution in [0.1, 0.15) is 5.56 Å². The van der Waals surface area contributed by atoms with Gasteiger partial charge in [0.05, 0.1) is 39.8 Å². The fourth-order valence-electron chi connectivity index (χ4n) is 3.71. The molecule has 0 spiro atoms. The average molecular weight is 404 g/mol. The first-order chi connectivity index (χ1) is 13.4. The standard InChI is InChI=1S/C19H23ClN6O2/c1-22-8-10-25(11-9-22)18-21-16-15(17(27)24(3)19(28)23(16)2)26(18)12-13-6-4-5-7-14(13)20/h4-7H,8-12H2,1-3H3/p+1. The van der Waals surface area contributed by atoms with Crippen molar-refractivity contribution >= 4 is 28.7 Å². The first-order valence-corrected chi connectivity index (χ1v) is 9.72. The van der Waals surface area contributed by atoms with Crippen molar-refractivity contribution in [3.63, 3.8) is 0 Å². The predicted octanol–water partition coefficient (Wildman–Crippen LogP) is -0.530. The third-order valence-corrected chi connectivity index (χ3v) is 5.88. The molecule has 0 atom stereocenters. The molecule has 148 valence electrons. The van der Waals surface area contributed by atoms with Crippen molar-refractivity contribution in [2.24, 2.45) is 14.1 Å². The Morgan fingerprint density at radius 2 is 1.79 bits per heavy atom. The Labute approximate surface area is 167 Å². The maximum atomic E-state index is 13.0. The van der Waals surface area contributed by atoms with Crippen molar-refractivity contribution in [2.75, 3.05) is 38.1 Å². The maximum absolute atomic E-state index is 13.0. The molecule has 1 N–H and O–H groups in total. The summed E-state index contributed by atoms with van der Waals surface area (Å²) in [6, 6.07) is 7.58. The van der Waals surface area contributed by atoms with E-state index in [2.05, 4.69) is 11.9 Å². The number of rotatable bonds is 3. The van der Waals surface area contributed by atoms with Crippen LogP contribution in [0.4, 0.5) is 5.95 Å². The highest BCUT2D eigenvalue weighted by atomic mass is 35.5. The average Bonchev–Trinajstić information content (AvgIpc) is 3.06. The van der Waals surface area contributed by atoms with Crippen LogP contribution < -0.4 is 21.0 Å². The number of fused-ring (bicyclic) bond motifs is 1. The largest absolute Gasteiger partial charge is 0.334 e. The fraction of sp³-hybridized carbons (Fsp3) is 0.421. The van der Waals surface area contributed by atoms with Gasteiger partial charge in [0.15, 0.2) is 11.2 Å². The van der Waals surface area contributed by atoms with E-state index in [1.807, 2.05) is 28.8 Å². The van der Waals surface area contributed by atoms with Crippen molar-refractivity contribution < 1.29 is 4.90 Å². The van der Waals surface area contributed by atoms with Crippen molar-refractivity contribution in [2.45, 2.75) is 6.54 Å². The Hall–Kier alpha value is -2.58. The highest BCUT2D eigenvalue weighted by molar-refractivity contribution is 6.31. The highest BCUT2D eigenvalue weighted by Gasteiger charge is 2.26. The summed E-state index contributed by atoms with van der Waals surface area (Å²) in [6.07, 6.45) is 0. The highest BCUT2D eigenvalue weighted by Crippen LogP contribution is 2.24. The van der Waals surface area contributed by atoms with Crippen molar-refractivity contribution in [1.29, 1.82) is 0 Å². The predicted molar refractivity (Wildman–Crippen MR) is 110 cm³/mol. The summed E-state index contributed by atoms with van der Waals surface area (Å²) in [6.45, 7) is 4.08.